The molecule has 5 rings (SSSR count). The second-order valence-corrected chi connectivity index (χ2v) is 7.93. The average molecular weight is 317 g/mol. The van der Waals surface area contributed by atoms with E-state index >= 15 is 0 Å². The zero-order valence-electron chi connectivity index (χ0n) is 12.4. The first-order valence-electron chi connectivity index (χ1n) is 8.27. The third-order valence-corrected chi connectivity index (χ3v) is 6.20. The molecule has 2 N–H and O–H groups in total. The summed E-state index contributed by atoms with van der Waals surface area (Å²) in [5.41, 5.74) is 0.373. The van der Waals surface area contributed by atoms with E-state index in [0.717, 1.165) is 24.3 Å². The number of rotatable bonds is 3. The largest absolute Gasteiger partial charge is 0.354 e. The van der Waals surface area contributed by atoms with Crippen LogP contribution in [0.3, 0.4) is 0 Å². The molecule has 0 aromatic rings. The molecule has 5 fully saturated rings. The zero-order valence-corrected chi connectivity index (χ0v) is 13.3. The third kappa shape index (κ3) is 2.94. The smallest absolute Gasteiger partial charge is 0.237 e. The van der Waals surface area contributed by atoms with Gasteiger partial charge in [-0.3, -0.25) is 4.79 Å². The summed E-state index contributed by atoms with van der Waals surface area (Å²) in [6.07, 6.45) is 7.70. The molecule has 4 bridgehead atoms. The Hall–Kier alpha value is -0.350. The van der Waals surface area contributed by atoms with Gasteiger partial charge in [0.1, 0.15) is 6.17 Å². The van der Waals surface area contributed by atoms with Crippen molar-refractivity contribution >= 4 is 18.3 Å². The molecule has 120 valence electrons. The summed E-state index contributed by atoms with van der Waals surface area (Å²) in [5, 5.41) is 6.11. The van der Waals surface area contributed by atoms with E-state index in [0.29, 0.717) is 18.4 Å². The molecule has 1 amide bonds. The van der Waals surface area contributed by atoms with E-state index in [1.165, 1.54) is 38.5 Å². The molecule has 0 radical (unpaired) electrons. The van der Waals surface area contributed by atoms with Crippen LogP contribution in [0.5, 0.6) is 0 Å². The van der Waals surface area contributed by atoms with Gasteiger partial charge in [0.05, 0.1) is 6.04 Å². The lowest BCUT2D eigenvalue weighted by Crippen LogP contribution is -2.52. The molecule has 3 nitrogen and oxygen atoms in total. The van der Waals surface area contributed by atoms with Crippen molar-refractivity contribution in [3.63, 3.8) is 0 Å². The van der Waals surface area contributed by atoms with Crippen molar-refractivity contribution in [2.75, 3.05) is 13.1 Å². The maximum Gasteiger partial charge on any atom is 0.237 e. The van der Waals surface area contributed by atoms with Gasteiger partial charge in [-0.1, -0.05) is 0 Å². The van der Waals surface area contributed by atoms with Crippen molar-refractivity contribution < 1.29 is 9.18 Å². The van der Waals surface area contributed by atoms with Crippen LogP contribution in [-0.2, 0) is 4.79 Å². The SMILES string of the molecule is Cl.O=C(NCC12CC3CC(CC(C3)C1)C2)[C@@H]1C[C@@H](F)CN1. The summed E-state index contributed by atoms with van der Waals surface area (Å²) in [4.78, 5) is 12.1. The highest BCUT2D eigenvalue weighted by atomic mass is 35.5. The molecule has 1 aliphatic heterocycles. The van der Waals surface area contributed by atoms with Gasteiger partial charge in [-0.25, -0.2) is 4.39 Å². The Kier molecular flexibility index (Phi) is 4.21. The number of halogens is 2. The highest BCUT2D eigenvalue weighted by Crippen LogP contribution is 2.59. The number of amides is 1. The number of nitrogens with one attached hydrogen (secondary N) is 2. The van der Waals surface area contributed by atoms with E-state index in [1.807, 2.05) is 0 Å². The minimum atomic E-state index is -0.856. The molecule has 4 saturated carbocycles. The predicted octanol–water partition coefficient (Wildman–Crippen LogP) is 2.44. The van der Waals surface area contributed by atoms with Crippen molar-refractivity contribution in [2.24, 2.45) is 23.2 Å². The molecular weight excluding hydrogens is 291 g/mol. The van der Waals surface area contributed by atoms with Gasteiger partial charge in [0, 0.05) is 19.5 Å². The maximum absolute atomic E-state index is 13.1. The predicted molar refractivity (Wildman–Crippen MR) is 82.2 cm³/mol. The van der Waals surface area contributed by atoms with Crippen LogP contribution in [0.15, 0.2) is 0 Å². The van der Waals surface area contributed by atoms with Crippen LogP contribution < -0.4 is 10.6 Å². The van der Waals surface area contributed by atoms with Crippen molar-refractivity contribution in [2.45, 2.75) is 57.2 Å². The van der Waals surface area contributed by atoms with Crippen LogP contribution in [0.4, 0.5) is 4.39 Å². The van der Waals surface area contributed by atoms with E-state index in [-0.39, 0.29) is 24.4 Å². The number of alkyl halides is 1. The fourth-order valence-electron chi connectivity index (χ4n) is 5.80. The van der Waals surface area contributed by atoms with Crippen LogP contribution in [0.25, 0.3) is 0 Å². The topological polar surface area (TPSA) is 41.1 Å². The number of carbonyl (C=O) groups excluding carboxylic acids is 1. The second-order valence-electron chi connectivity index (χ2n) is 7.93. The van der Waals surface area contributed by atoms with Gasteiger partial charge in [-0.2, -0.15) is 0 Å². The second kappa shape index (κ2) is 5.69. The molecule has 1 saturated heterocycles. The highest BCUT2D eigenvalue weighted by molar-refractivity contribution is 5.85. The van der Waals surface area contributed by atoms with E-state index in [1.54, 1.807) is 0 Å². The molecule has 4 aliphatic carbocycles. The van der Waals surface area contributed by atoms with Gasteiger partial charge in [0.2, 0.25) is 5.91 Å². The fourth-order valence-corrected chi connectivity index (χ4v) is 5.80. The zero-order chi connectivity index (χ0) is 13.7. The van der Waals surface area contributed by atoms with E-state index in [4.69, 9.17) is 0 Å². The van der Waals surface area contributed by atoms with E-state index < -0.39 is 6.17 Å². The van der Waals surface area contributed by atoms with Crippen LogP contribution in [0.2, 0.25) is 0 Å². The van der Waals surface area contributed by atoms with Crippen LogP contribution in [-0.4, -0.2) is 31.2 Å². The van der Waals surface area contributed by atoms with Crippen LogP contribution in [0, 0.1) is 23.2 Å². The number of hydrogen-bond acceptors (Lipinski definition) is 2. The van der Waals surface area contributed by atoms with Crippen molar-refractivity contribution in [3.05, 3.63) is 0 Å². The summed E-state index contributed by atoms with van der Waals surface area (Å²) in [7, 11) is 0. The molecule has 2 atom stereocenters. The summed E-state index contributed by atoms with van der Waals surface area (Å²) >= 11 is 0. The summed E-state index contributed by atoms with van der Waals surface area (Å²) < 4.78 is 13.1. The normalized spacial score (nSPS) is 47.2. The fraction of sp³-hybridized carbons (Fsp3) is 0.938. The van der Waals surface area contributed by atoms with Gasteiger partial charge < -0.3 is 10.6 Å². The monoisotopic (exact) mass is 316 g/mol. The van der Waals surface area contributed by atoms with Crippen molar-refractivity contribution in [1.29, 1.82) is 0 Å². The molecule has 1 heterocycles. The first kappa shape index (κ1) is 15.5. The molecule has 0 spiro atoms. The molecule has 5 heteroatoms. The number of carbonyl (C=O) groups is 1. The third-order valence-electron chi connectivity index (χ3n) is 6.20. The lowest BCUT2D eigenvalue weighted by molar-refractivity contribution is -0.125. The molecule has 0 aromatic carbocycles. The number of hydrogen-bond donors (Lipinski definition) is 2. The molecular formula is C16H26ClFN2O. The minimum Gasteiger partial charge on any atom is -0.354 e. The molecule has 0 unspecified atom stereocenters. The Balaban J connectivity index is 0.00000132. The molecule has 0 aromatic heterocycles. The lowest BCUT2D eigenvalue weighted by Gasteiger charge is -2.57. The molecule has 21 heavy (non-hydrogen) atoms. The Labute approximate surface area is 132 Å². The summed E-state index contributed by atoms with van der Waals surface area (Å²) in [5.74, 6) is 2.76. The van der Waals surface area contributed by atoms with Gasteiger partial charge >= 0.3 is 0 Å². The van der Waals surface area contributed by atoms with Gasteiger partial charge in [-0.05, 0) is 61.7 Å². The van der Waals surface area contributed by atoms with Crippen LogP contribution in [0.1, 0.15) is 44.9 Å². The maximum atomic E-state index is 13.1. The van der Waals surface area contributed by atoms with Gasteiger partial charge in [0.15, 0.2) is 0 Å². The summed E-state index contributed by atoms with van der Waals surface area (Å²) in [6, 6.07) is -0.307. The Bertz CT molecular complexity index is 382. The molecule has 5 aliphatic rings. The van der Waals surface area contributed by atoms with Gasteiger partial charge in [-0.15, -0.1) is 12.4 Å². The highest BCUT2D eigenvalue weighted by Gasteiger charge is 2.50. The van der Waals surface area contributed by atoms with Crippen molar-refractivity contribution in [3.8, 4) is 0 Å². The average Bonchev–Trinajstić information content (AvgIpc) is 2.81. The first-order chi connectivity index (χ1) is 9.62. The Morgan fingerprint density at radius 2 is 1.67 bits per heavy atom. The first-order valence-corrected chi connectivity index (χ1v) is 8.27. The quantitative estimate of drug-likeness (QED) is 0.839. The van der Waals surface area contributed by atoms with Crippen molar-refractivity contribution in [1.82, 2.24) is 10.6 Å². The standard InChI is InChI=1S/C16H25FN2O.ClH/c17-13-4-14(18-8-13)15(20)19-9-16-5-10-1-11(6-16)3-12(2-10)7-16;/h10-14,18H,1-9H2,(H,19,20);1H/t10?,11?,12?,13-,14+,16?;/m1./s1. The Morgan fingerprint density at radius 1 is 1.10 bits per heavy atom. The Morgan fingerprint density at radius 3 is 2.14 bits per heavy atom. The minimum absolute atomic E-state index is 0. The van der Waals surface area contributed by atoms with E-state index in [9.17, 15) is 9.18 Å². The van der Waals surface area contributed by atoms with Gasteiger partial charge in [0.25, 0.3) is 0 Å². The lowest BCUT2D eigenvalue weighted by atomic mass is 9.49. The van der Waals surface area contributed by atoms with Crippen LogP contribution >= 0.6 is 12.4 Å². The van der Waals surface area contributed by atoms with E-state index in [2.05, 4.69) is 10.6 Å². The summed E-state index contributed by atoms with van der Waals surface area (Å²) in [6.45, 7) is 1.15.